The maximum atomic E-state index is 13.1. The first-order valence-corrected chi connectivity index (χ1v) is 14.9. The fourth-order valence-electron chi connectivity index (χ4n) is 5.90. The normalized spacial score (nSPS) is 17.2. The van der Waals surface area contributed by atoms with Crippen molar-refractivity contribution in [3.63, 3.8) is 0 Å². The third kappa shape index (κ3) is 6.49. The Balaban J connectivity index is 1.62. The Morgan fingerprint density at radius 3 is 1.93 bits per heavy atom. The summed E-state index contributed by atoms with van der Waals surface area (Å²) in [5.74, 6) is -0.491. The molecule has 9 heteroatoms. The van der Waals surface area contributed by atoms with E-state index in [1.54, 1.807) is 13.8 Å². The van der Waals surface area contributed by atoms with Crippen LogP contribution >= 0.6 is 0 Å². The van der Waals surface area contributed by atoms with Gasteiger partial charge in [-0.2, -0.15) is 0 Å². The van der Waals surface area contributed by atoms with Crippen LogP contribution < -0.4 is 11.2 Å². The number of carbonyl (C=O) groups is 2. The molecule has 3 aromatic carbocycles. The predicted octanol–water partition coefficient (Wildman–Crippen LogP) is 4.34. The number of carbonyl (C=O) groups excluding carboxylic acids is 2. The molecule has 0 radical (unpaired) electrons. The molecule has 2 heterocycles. The standard InChI is InChI=1S/C35H37N3O6/c1-3-29(39)19-20-32(40)43-24-30-22-37(23-31(44-30)38-21-25(2)33(41)36-34(38)42)35(26-13-7-4-8-14-26,27-15-9-5-10-16-27)28-17-11-6-12-18-28/h4-18,21,30-31H,3,19-20,22-24H2,1-2H3,(H,36,41,42)/t30-,31+/m0/s1. The number of nitrogens with one attached hydrogen (secondary N) is 1. The first-order valence-electron chi connectivity index (χ1n) is 14.9. The molecule has 4 aromatic rings. The van der Waals surface area contributed by atoms with E-state index in [9.17, 15) is 19.2 Å². The third-order valence-electron chi connectivity index (χ3n) is 8.09. The van der Waals surface area contributed by atoms with Gasteiger partial charge in [0.15, 0.2) is 6.23 Å². The van der Waals surface area contributed by atoms with E-state index >= 15 is 0 Å². The van der Waals surface area contributed by atoms with E-state index in [-0.39, 0.29) is 31.8 Å². The highest BCUT2D eigenvalue weighted by atomic mass is 16.6. The molecule has 44 heavy (non-hydrogen) atoms. The number of aromatic amines is 1. The molecule has 1 aliphatic heterocycles. The summed E-state index contributed by atoms with van der Waals surface area (Å²) in [5.41, 5.74) is 1.53. The van der Waals surface area contributed by atoms with Crippen molar-refractivity contribution in [1.82, 2.24) is 14.5 Å². The number of aryl methyl sites for hydroxylation is 1. The fourth-order valence-corrected chi connectivity index (χ4v) is 5.90. The summed E-state index contributed by atoms with van der Waals surface area (Å²) < 4.78 is 13.4. The monoisotopic (exact) mass is 595 g/mol. The van der Waals surface area contributed by atoms with E-state index in [1.165, 1.54) is 10.8 Å². The second-order valence-corrected chi connectivity index (χ2v) is 11.0. The van der Waals surface area contributed by atoms with Gasteiger partial charge in [0.25, 0.3) is 5.56 Å². The molecule has 0 bridgehead atoms. The largest absolute Gasteiger partial charge is 0.463 e. The molecule has 1 N–H and O–H groups in total. The molecule has 1 aliphatic rings. The van der Waals surface area contributed by atoms with Crippen LogP contribution in [0.4, 0.5) is 0 Å². The van der Waals surface area contributed by atoms with Crippen molar-refractivity contribution in [2.75, 3.05) is 19.7 Å². The average Bonchev–Trinajstić information content (AvgIpc) is 3.06. The van der Waals surface area contributed by atoms with Crippen LogP contribution in [0.15, 0.2) is 107 Å². The average molecular weight is 596 g/mol. The molecular formula is C35H37N3O6. The lowest BCUT2D eigenvalue weighted by Crippen LogP contribution is -2.58. The molecule has 0 unspecified atom stereocenters. The molecule has 1 saturated heterocycles. The van der Waals surface area contributed by atoms with E-state index in [0.29, 0.717) is 18.5 Å². The Morgan fingerprint density at radius 1 is 0.864 bits per heavy atom. The van der Waals surface area contributed by atoms with Crippen molar-refractivity contribution in [3.8, 4) is 0 Å². The second kappa shape index (κ2) is 13.8. The molecule has 0 saturated carbocycles. The zero-order chi connectivity index (χ0) is 31.1. The van der Waals surface area contributed by atoms with E-state index < -0.39 is 35.1 Å². The van der Waals surface area contributed by atoms with E-state index in [4.69, 9.17) is 9.47 Å². The van der Waals surface area contributed by atoms with E-state index in [1.807, 2.05) is 54.6 Å². The first kappa shape index (κ1) is 30.8. The van der Waals surface area contributed by atoms with E-state index in [2.05, 4.69) is 46.3 Å². The van der Waals surface area contributed by atoms with Crippen LogP contribution in [0.1, 0.15) is 54.7 Å². The Labute approximate surface area is 256 Å². The second-order valence-electron chi connectivity index (χ2n) is 11.0. The summed E-state index contributed by atoms with van der Waals surface area (Å²) in [7, 11) is 0. The summed E-state index contributed by atoms with van der Waals surface area (Å²) in [6, 6.07) is 30.4. The lowest BCUT2D eigenvalue weighted by atomic mass is 9.75. The molecule has 9 nitrogen and oxygen atoms in total. The lowest BCUT2D eigenvalue weighted by Gasteiger charge is -2.50. The Morgan fingerprint density at radius 2 is 1.41 bits per heavy atom. The number of benzene rings is 3. The molecule has 0 amide bonds. The van der Waals surface area contributed by atoms with Gasteiger partial charge >= 0.3 is 11.7 Å². The van der Waals surface area contributed by atoms with Gasteiger partial charge in [-0.1, -0.05) is 97.9 Å². The summed E-state index contributed by atoms with van der Waals surface area (Å²) in [5, 5.41) is 0. The van der Waals surface area contributed by atoms with Crippen molar-refractivity contribution in [3.05, 3.63) is 140 Å². The van der Waals surface area contributed by atoms with Gasteiger partial charge in [-0.3, -0.25) is 28.8 Å². The summed E-state index contributed by atoms with van der Waals surface area (Å²) in [4.78, 5) is 54.3. The number of ether oxygens (including phenoxy) is 2. The van der Waals surface area contributed by atoms with Crippen LogP contribution in [-0.2, 0) is 24.6 Å². The molecule has 0 aliphatic carbocycles. The number of rotatable bonds is 11. The maximum Gasteiger partial charge on any atom is 0.330 e. The van der Waals surface area contributed by atoms with E-state index in [0.717, 1.165) is 16.7 Å². The quantitative estimate of drug-likeness (QED) is 0.203. The fraction of sp³-hybridized carbons (Fsp3) is 0.314. The van der Waals surface area contributed by atoms with Crippen LogP contribution in [-0.4, -0.2) is 52.0 Å². The predicted molar refractivity (Wildman–Crippen MR) is 166 cm³/mol. The highest BCUT2D eigenvalue weighted by molar-refractivity contribution is 5.82. The van der Waals surface area contributed by atoms with Crippen molar-refractivity contribution >= 4 is 11.8 Å². The van der Waals surface area contributed by atoms with Gasteiger partial charge in [-0.15, -0.1) is 0 Å². The van der Waals surface area contributed by atoms with Crippen LogP contribution in [0, 0.1) is 6.92 Å². The number of esters is 1. The van der Waals surface area contributed by atoms with Gasteiger partial charge in [0.2, 0.25) is 0 Å². The van der Waals surface area contributed by atoms with Crippen molar-refractivity contribution in [1.29, 1.82) is 0 Å². The van der Waals surface area contributed by atoms with Gasteiger partial charge < -0.3 is 9.47 Å². The van der Waals surface area contributed by atoms with Crippen LogP contribution in [0.25, 0.3) is 0 Å². The highest BCUT2D eigenvalue weighted by Gasteiger charge is 2.46. The zero-order valence-electron chi connectivity index (χ0n) is 25.0. The minimum Gasteiger partial charge on any atom is -0.463 e. The Hall–Kier alpha value is -4.60. The number of morpholine rings is 1. The topological polar surface area (TPSA) is 111 Å². The molecular weight excluding hydrogens is 558 g/mol. The van der Waals surface area contributed by atoms with Gasteiger partial charge in [-0.25, -0.2) is 4.79 Å². The first-order chi connectivity index (χ1) is 21.3. The minimum atomic E-state index is -0.817. The van der Waals surface area contributed by atoms with Gasteiger partial charge in [0, 0.05) is 37.7 Å². The third-order valence-corrected chi connectivity index (χ3v) is 8.09. The molecule has 5 rings (SSSR count). The maximum absolute atomic E-state index is 13.1. The number of H-pyrrole nitrogens is 1. The van der Waals surface area contributed by atoms with Gasteiger partial charge in [-0.05, 0) is 23.6 Å². The lowest BCUT2D eigenvalue weighted by molar-refractivity contribution is -0.170. The zero-order valence-corrected chi connectivity index (χ0v) is 25.0. The van der Waals surface area contributed by atoms with Crippen LogP contribution in [0.5, 0.6) is 0 Å². The molecule has 1 fully saturated rings. The number of ketones is 1. The summed E-state index contributed by atoms with van der Waals surface area (Å²) >= 11 is 0. The van der Waals surface area contributed by atoms with Crippen LogP contribution in [0.2, 0.25) is 0 Å². The number of hydrogen-bond donors (Lipinski definition) is 1. The smallest absolute Gasteiger partial charge is 0.330 e. The molecule has 2 atom stereocenters. The van der Waals surface area contributed by atoms with Crippen molar-refractivity contribution < 1.29 is 19.1 Å². The Bertz CT molecular complexity index is 1590. The molecule has 0 spiro atoms. The number of hydrogen-bond acceptors (Lipinski definition) is 7. The van der Waals surface area contributed by atoms with Crippen molar-refractivity contribution in [2.45, 2.75) is 51.0 Å². The number of Topliss-reactive ketones (excluding diaryl/α,β-unsaturated/α-hetero) is 1. The van der Waals surface area contributed by atoms with Crippen LogP contribution in [0.3, 0.4) is 0 Å². The molecule has 228 valence electrons. The SMILES string of the molecule is CCC(=O)CCC(=O)OC[C@@H]1CN(C(c2ccccc2)(c2ccccc2)c2ccccc2)C[C@H](n2cc(C)c(=O)[nH]c2=O)O1. The summed E-state index contributed by atoms with van der Waals surface area (Å²) in [6.07, 6.45) is 0.545. The van der Waals surface area contributed by atoms with Gasteiger partial charge in [0.1, 0.15) is 18.5 Å². The highest BCUT2D eigenvalue weighted by Crippen LogP contribution is 2.44. The Kier molecular flexibility index (Phi) is 9.67. The molecule has 1 aromatic heterocycles. The number of nitrogens with zero attached hydrogens (tertiary/aromatic N) is 2. The minimum absolute atomic E-state index is 0.00622. The number of aromatic nitrogens is 2. The van der Waals surface area contributed by atoms with Crippen molar-refractivity contribution in [2.24, 2.45) is 0 Å². The summed E-state index contributed by atoms with van der Waals surface area (Å²) in [6.45, 7) is 3.95. The van der Waals surface area contributed by atoms with Gasteiger partial charge in [0.05, 0.1) is 12.0 Å².